The Kier molecular flexibility index (Phi) is 5.79. The lowest BCUT2D eigenvalue weighted by Crippen LogP contribution is -2.45. The molecule has 4 nitrogen and oxygen atoms in total. The van der Waals surface area contributed by atoms with E-state index in [0.717, 1.165) is 0 Å². The lowest BCUT2D eigenvalue weighted by Gasteiger charge is -2.24. The topological polar surface area (TPSA) is 49.4 Å². The average molecular weight is 395 g/mol. The predicted octanol–water partition coefficient (Wildman–Crippen LogP) is 4.05. The molecule has 1 atom stereocenters. The Morgan fingerprint density at radius 3 is 2.73 bits per heavy atom. The number of halogens is 3. The second kappa shape index (κ2) is 8.06. The minimum absolute atomic E-state index is 0.0714. The van der Waals surface area contributed by atoms with Crippen molar-refractivity contribution < 1.29 is 14.0 Å². The van der Waals surface area contributed by atoms with Crippen molar-refractivity contribution in [2.45, 2.75) is 25.4 Å². The third kappa shape index (κ3) is 4.00. The minimum atomic E-state index is -0.607. The first-order valence-corrected chi connectivity index (χ1v) is 9.00. The summed E-state index contributed by atoms with van der Waals surface area (Å²) < 4.78 is 13.7. The first-order chi connectivity index (χ1) is 12.5. The van der Waals surface area contributed by atoms with Crippen molar-refractivity contribution in [3.8, 4) is 0 Å². The normalized spacial score (nSPS) is 16.6. The van der Waals surface area contributed by atoms with Crippen LogP contribution in [0.25, 0.3) is 0 Å². The smallest absolute Gasteiger partial charge is 0.256 e. The molecular weight excluding hydrogens is 378 g/mol. The third-order valence-electron chi connectivity index (χ3n) is 4.39. The van der Waals surface area contributed by atoms with Crippen LogP contribution in [0.3, 0.4) is 0 Å². The second-order valence-electron chi connectivity index (χ2n) is 6.09. The molecule has 7 heteroatoms. The first-order valence-electron chi connectivity index (χ1n) is 8.24. The Bertz CT molecular complexity index is 844. The zero-order chi connectivity index (χ0) is 18.7. The van der Waals surface area contributed by atoms with E-state index in [1.165, 1.54) is 17.0 Å². The molecule has 136 valence electrons. The molecule has 1 saturated heterocycles. The largest absolute Gasteiger partial charge is 0.350 e. The molecule has 2 aromatic carbocycles. The lowest BCUT2D eigenvalue weighted by molar-refractivity contribution is -0.125. The van der Waals surface area contributed by atoms with E-state index in [4.69, 9.17) is 23.2 Å². The molecule has 0 unspecified atom stereocenters. The van der Waals surface area contributed by atoms with Gasteiger partial charge in [-0.05, 0) is 37.1 Å². The molecule has 0 saturated carbocycles. The van der Waals surface area contributed by atoms with Gasteiger partial charge in [0.15, 0.2) is 0 Å². The number of nitrogens with zero attached hydrogens (tertiary/aromatic N) is 1. The number of amides is 2. The molecule has 3 rings (SSSR count). The summed E-state index contributed by atoms with van der Waals surface area (Å²) in [6.07, 6.45) is 1.26. The third-order valence-corrected chi connectivity index (χ3v) is 4.95. The fourth-order valence-electron chi connectivity index (χ4n) is 3.04. The van der Waals surface area contributed by atoms with E-state index in [1.807, 2.05) is 0 Å². The molecular formula is C19H17Cl2FN2O2. The minimum Gasteiger partial charge on any atom is -0.350 e. The number of rotatable bonds is 4. The van der Waals surface area contributed by atoms with Gasteiger partial charge in [0.1, 0.15) is 11.9 Å². The summed E-state index contributed by atoms with van der Waals surface area (Å²) in [6, 6.07) is 10.3. The summed E-state index contributed by atoms with van der Waals surface area (Å²) in [5.74, 6) is -1.02. The number of hydrogen-bond donors (Lipinski definition) is 1. The van der Waals surface area contributed by atoms with E-state index in [0.29, 0.717) is 30.0 Å². The van der Waals surface area contributed by atoms with Gasteiger partial charge in [0, 0.05) is 23.7 Å². The van der Waals surface area contributed by atoms with Crippen LogP contribution in [0, 0.1) is 5.82 Å². The van der Waals surface area contributed by atoms with Crippen LogP contribution in [0.4, 0.5) is 4.39 Å². The van der Waals surface area contributed by atoms with Gasteiger partial charge in [0.2, 0.25) is 5.91 Å². The van der Waals surface area contributed by atoms with Gasteiger partial charge >= 0.3 is 0 Å². The molecule has 0 radical (unpaired) electrons. The van der Waals surface area contributed by atoms with Crippen LogP contribution in [0.2, 0.25) is 10.0 Å². The second-order valence-corrected chi connectivity index (χ2v) is 6.93. The molecule has 0 bridgehead atoms. The Hall–Kier alpha value is -2.11. The molecule has 1 heterocycles. The quantitative estimate of drug-likeness (QED) is 0.849. The number of nitrogens with one attached hydrogen (secondary N) is 1. The Morgan fingerprint density at radius 1 is 1.19 bits per heavy atom. The molecule has 2 aromatic rings. The van der Waals surface area contributed by atoms with Gasteiger partial charge in [0.05, 0.1) is 10.6 Å². The highest BCUT2D eigenvalue weighted by Gasteiger charge is 2.35. The Labute approximate surface area is 160 Å². The monoisotopic (exact) mass is 394 g/mol. The molecule has 1 fully saturated rings. The molecule has 0 spiro atoms. The summed E-state index contributed by atoms with van der Waals surface area (Å²) in [5.41, 5.74) is 0.669. The van der Waals surface area contributed by atoms with Crippen LogP contribution in [0.15, 0.2) is 42.5 Å². The SMILES string of the molecule is O=C(NCc1ccccc1F)[C@H]1CCCN1C(=O)c1cc(Cl)ccc1Cl. The maximum absolute atomic E-state index is 13.7. The Morgan fingerprint density at radius 2 is 1.96 bits per heavy atom. The standard InChI is InChI=1S/C19H17Cl2FN2O2/c20-13-7-8-15(21)14(10-13)19(26)24-9-3-6-17(24)18(25)23-11-12-4-1-2-5-16(12)22/h1-2,4-5,7-8,10,17H,3,6,9,11H2,(H,23,25)/t17-/m1/s1. The first kappa shape index (κ1) is 18.7. The lowest BCUT2D eigenvalue weighted by atomic mass is 10.1. The van der Waals surface area contributed by atoms with Gasteiger partial charge in [-0.3, -0.25) is 9.59 Å². The molecule has 1 N–H and O–H groups in total. The van der Waals surface area contributed by atoms with E-state index in [9.17, 15) is 14.0 Å². The summed E-state index contributed by atoms with van der Waals surface area (Å²) in [6.45, 7) is 0.529. The zero-order valence-corrected chi connectivity index (χ0v) is 15.4. The number of likely N-dealkylation sites (tertiary alicyclic amines) is 1. The van der Waals surface area contributed by atoms with Gasteiger partial charge < -0.3 is 10.2 Å². The zero-order valence-electron chi connectivity index (χ0n) is 13.8. The number of carbonyl (C=O) groups excluding carboxylic acids is 2. The maximum Gasteiger partial charge on any atom is 0.256 e. The summed E-state index contributed by atoms with van der Waals surface area (Å²) in [7, 11) is 0. The summed E-state index contributed by atoms with van der Waals surface area (Å²) >= 11 is 12.1. The highest BCUT2D eigenvalue weighted by molar-refractivity contribution is 6.35. The van der Waals surface area contributed by atoms with E-state index < -0.39 is 6.04 Å². The van der Waals surface area contributed by atoms with Crippen LogP contribution in [-0.4, -0.2) is 29.3 Å². The average Bonchev–Trinajstić information content (AvgIpc) is 3.12. The van der Waals surface area contributed by atoms with Gasteiger partial charge in [-0.1, -0.05) is 41.4 Å². The molecule has 2 amide bonds. The van der Waals surface area contributed by atoms with Crippen LogP contribution < -0.4 is 5.32 Å². The number of benzene rings is 2. The molecule has 26 heavy (non-hydrogen) atoms. The van der Waals surface area contributed by atoms with E-state index in [2.05, 4.69) is 5.32 Å². The van der Waals surface area contributed by atoms with Crippen LogP contribution in [0.5, 0.6) is 0 Å². The predicted molar refractivity (Wildman–Crippen MR) is 98.8 cm³/mol. The van der Waals surface area contributed by atoms with Crippen molar-refractivity contribution in [3.63, 3.8) is 0 Å². The molecule has 1 aliphatic heterocycles. The van der Waals surface area contributed by atoms with Gasteiger partial charge in [-0.15, -0.1) is 0 Å². The van der Waals surface area contributed by atoms with Gasteiger partial charge in [0.25, 0.3) is 5.91 Å². The number of hydrogen-bond acceptors (Lipinski definition) is 2. The fraction of sp³-hybridized carbons (Fsp3) is 0.263. The van der Waals surface area contributed by atoms with E-state index in [-0.39, 0.29) is 34.8 Å². The number of carbonyl (C=O) groups is 2. The van der Waals surface area contributed by atoms with Crippen molar-refractivity contribution in [2.24, 2.45) is 0 Å². The van der Waals surface area contributed by atoms with Crippen molar-refractivity contribution >= 4 is 35.0 Å². The fourth-order valence-corrected chi connectivity index (χ4v) is 3.41. The molecule has 1 aliphatic rings. The highest BCUT2D eigenvalue weighted by Crippen LogP contribution is 2.26. The summed E-state index contributed by atoms with van der Waals surface area (Å²) in [4.78, 5) is 26.8. The van der Waals surface area contributed by atoms with Crippen molar-refractivity contribution in [2.75, 3.05) is 6.54 Å². The van der Waals surface area contributed by atoms with Crippen LogP contribution >= 0.6 is 23.2 Å². The maximum atomic E-state index is 13.7. The van der Waals surface area contributed by atoms with Crippen LogP contribution in [0.1, 0.15) is 28.8 Å². The Balaban J connectivity index is 1.71. The highest BCUT2D eigenvalue weighted by atomic mass is 35.5. The van der Waals surface area contributed by atoms with Crippen molar-refractivity contribution in [1.29, 1.82) is 0 Å². The summed E-state index contributed by atoms with van der Waals surface area (Å²) in [5, 5.41) is 3.40. The van der Waals surface area contributed by atoms with Crippen molar-refractivity contribution in [3.05, 3.63) is 69.5 Å². The van der Waals surface area contributed by atoms with E-state index in [1.54, 1.807) is 30.3 Å². The van der Waals surface area contributed by atoms with Crippen LogP contribution in [-0.2, 0) is 11.3 Å². The van der Waals surface area contributed by atoms with Gasteiger partial charge in [-0.25, -0.2) is 4.39 Å². The molecule has 0 aromatic heterocycles. The van der Waals surface area contributed by atoms with E-state index >= 15 is 0 Å². The van der Waals surface area contributed by atoms with Crippen molar-refractivity contribution in [1.82, 2.24) is 10.2 Å². The molecule has 0 aliphatic carbocycles. The van der Waals surface area contributed by atoms with Gasteiger partial charge in [-0.2, -0.15) is 0 Å².